The van der Waals surface area contributed by atoms with E-state index in [-0.39, 0.29) is 49.9 Å². The van der Waals surface area contributed by atoms with Crippen molar-refractivity contribution < 1.29 is 42.4 Å². The second-order valence-electron chi connectivity index (χ2n) is 4.32. The fourth-order valence-corrected chi connectivity index (χ4v) is 1.77. The van der Waals surface area contributed by atoms with E-state index in [1.54, 1.807) is 6.92 Å². The third-order valence-electron chi connectivity index (χ3n) is 2.76. The van der Waals surface area contributed by atoms with Gasteiger partial charge in [0.2, 0.25) is 11.9 Å². The van der Waals surface area contributed by atoms with E-state index in [1.165, 1.54) is 16.8 Å². The topological polar surface area (TPSA) is 116 Å². The number of nitro groups is 1. The molecule has 1 radical (unpaired) electrons. The van der Waals surface area contributed by atoms with Crippen molar-refractivity contribution in [2.75, 3.05) is 5.32 Å². The number of non-ortho nitro benzene ring substituents is 1. The van der Waals surface area contributed by atoms with Gasteiger partial charge in [0.15, 0.2) is 5.69 Å². The van der Waals surface area contributed by atoms with E-state index in [1.807, 2.05) is 6.92 Å². The van der Waals surface area contributed by atoms with Crippen LogP contribution >= 0.6 is 0 Å². The van der Waals surface area contributed by atoms with Crippen molar-refractivity contribution >= 4 is 17.5 Å². The van der Waals surface area contributed by atoms with Crippen LogP contribution in [0.5, 0.6) is 0 Å². The first-order valence-corrected chi connectivity index (χ1v) is 6.27. The summed E-state index contributed by atoms with van der Waals surface area (Å²) in [5.74, 6) is -0.203. The summed E-state index contributed by atoms with van der Waals surface area (Å²) in [5.41, 5.74) is 0.489. The van der Waals surface area contributed by atoms with Crippen LogP contribution in [-0.2, 0) is 39.3 Å². The van der Waals surface area contributed by atoms with Crippen molar-refractivity contribution in [3.8, 4) is 0 Å². The molecule has 0 atom stereocenters. The molecular weight excluding hydrogens is 365 g/mol. The molecule has 0 saturated heterocycles. The maximum atomic E-state index is 12.2. The molecule has 1 amide bonds. The van der Waals surface area contributed by atoms with Crippen LogP contribution in [0.1, 0.15) is 29.3 Å². The van der Waals surface area contributed by atoms with E-state index in [2.05, 4.69) is 26.9 Å². The summed E-state index contributed by atoms with van der Waals surface area (Å²) in [7, 11) is 0. The zero-order chi connectivity index (χ0) is 15.4. The van der Waals surface area contributed by atoms with Crippen molar-refractivity contribution in [1.82, 2.24) is 20.2 Å². The van der Waals surface area contributed by atoms with Crippen LogP contribution in [0.3, 0.4) is 0 Å². The van der Waals surface area contributed by atoms with Crippen LogP contribution < -0.4 is 5.32 Å². The molecule has 0 aliphatic heterocycles. The normalized spacial score (nSPS) is 9.91. The molecule has 0 bridgehead atoms. The van der Waals surface area contributed by atoms with E-state index < -0.39 is 10.8 Å². The van der Waals surface area contributed by atoms with Crippen molar-refractivity contribution in [2.45, 2.75) is 26.8 Å². The predicted octanol–water partition coefficient (Wildman–Crippen LogP) is 1.35. The number of aryl methyl sites for hydroxylation is 2. The molecule has 113 valence electrons. The van der Waals surface area contributed by atoms with E-state index in [0.717, 1.165) is 6.42 Å². The van der Waals surface area contributed by atoms with Gasteiger partial charge in [-0.2, -0.15) is 6.07 Å². The van der Waals surface area contributed by atoms with Gasteiger partial charge in [0.25, 0.3) is 0 Å². The first kappa shape index (κ1) is 18.3. The molecule has 0 fully saturated rings. The smallest absolute Gasteiger partial charge is 0.248 e. The number of carbonyl (C=O) groups is 1. The largest absolute Gasteiger partial charge is 0.300 e. The SMILES string of the molecule is CCCn1nnnc1NC(=O)c1ccc([N+](=O)[O-])[c-]c1C.[Y]. The quantitative estimate of drug-likeness (QED) is 0.477. The van der Waals surface area contributed by atoms with E-state index in [0.29, 0.717) is 12.1 Å². The van der Waals surface area contributed by atoms with Gasteiger partial charge >= 0.3 is 0 Å². The minimum Gasteiger partial charge on any atom is -0.300 e. The summed E-state index contributed by atoms with van der Waals surface area (Å²) in [5, 5.41) is 24.2. The summed E-state index contributed by atoms with van der Waals surface area (Å²) in [6, 6.07) is 5.17. The molecule has 1 aromatic heterocycles. The van der Waals surface area contributed by atoms with Crippen LogP contribution in [0.4, 0.5) is 11.6 Å². The minimum atomic E-state index is -0.559. The number of hydrogen-bond acceptors (Lipinski definition) is 6. The molecule has 1 aromatic carbocycles. The standard InChI is InChI=1S/C12H13N6O3.Y/c1-3-6-17-12(14-15-16-17)13-11(19)10-5-4-9(18(20)21)7-8(10)2;/h4-5H,3,6H2,1-2H3,(H,13,14,16,19);/q-1;. The second-order valence-corrected chi connectivity index (χ2v) is 4.32. The second kappa shape index (κ2) is 8.04. The third-order valence-corrected chi connectivity index (χ3v) is 2.76. The predicted molar refractivity (Wildman–Crippen MR) is 72.7 cm³/mol. The zero-order valence-corrected chi connectivity index (χ0v) is 14.9. The van der Waals surface area contributed by atoms with Crippen molar-refractivity contribution in [3.63, 3.8) is 0 Å². The summed E-state index contributed by atoms with van der Waals surface area (Å²) < 4.78 is 1.47. The fraction of sp³-hybridized carbons (Fsp3) is 0.333. The average molecular weight is 378 g/mol. The Kier molecular flexibility index (Phi) is 6.70. The maximum Gasteiger partial charge on any atom is 0.248 e. The molecule has 0 spiro atoms. The Morgan fingerprint density at radius 2 is 2.23 bits per heavy atom. The van der Waals surface area contributed by atoms with Crippen molar-refractivity contribution in [2.24, 2.45) is 0 Å². The molecule has 22 heavy (non-hydrogen) atoms. The monoisotopic (exact) mass is 378 g/mol. The number of carbonyl (C=O) groups excluding carboxylic acids is 1. The summed E-state index contributed by atoms with van der Waals surface area (Å²) in [4.78, 5) is 22.3. The zero-order valence-electron chi connectivity index (χ0n) is 12.1. The summed E-state index contributed by atoms with van der Waals surface area (Å²) in [6.45, 7) is 4.12. The van der Waals surface area contributed by atoms with Crippen LogP contribution in [0, 0.1) is 23.1 Å². The Bertz CT molecular complexity index is 687. The number of tetrazole rings is 1. The number of nitrogens with zero attached hydrogens (tertiary/aromatic N) is 5. The van der Waals surface area contributed by atoms with Crippen LogP contribution in [0.25, 0.3) is 0 Å². The molecule has 0 aliphatic carbocycles. The molecule has 0 saturated carbocycles. The summed E-state index contributed by atoms with van der Waals surface area (Å²) >= 11 is 0. The first-order valence-electron chi connectivity index (χ1n) is 6.27. The number of anilines is 1. The van der Waals surface area contributed by atoms with Gasteiger partial charge in [-0.05, 0) is 16.8 Å². The number of nitrogens with one attached hydrogen (secondary N) is 1. The Labute approximate surface area is 151 Å². The third kappa shape index (κ3) is 4.14. The van der Waals surface area contributed by atoms with E-state index in [9.17, 15) is 14.9 Å². The van der Waals surface area contributed by atoms with Gasteiger partial charge in [-0.25, -0.2) is 4.68 Å². The molecular formula is C12H13N6O3Y-. The minimum absolute atomic E-state index is 0. The number of nitro benzene ring substituents is 1. The molecule has 9 nitrogen and oxygen atoms in total. The van der Waals surface area contributed by atoms with Crippen LogP contribution in [0.2, 0.25) is 0 Å². The number of amides is 1. The average Bonchev–Trinajstić information content (AvgIpc) is 2.86. The number of rotatable bonds is 5. The van der Waals surface area contributed by atoms with Crippen LogP contribution in [-0.4, -0.2) is 31.0 Å². The Morgan fingerprint density at radius 3 is 2.82 bits per heavy atom. The van der Waals surface area contributed by atoms with Gasteiger partial charge in [-0.15, -0.1) is 5.56 Å². The van der Waals surface area contributed by atoms with Gasteiger partial charge in [-0.1, -0.05) is 36.6 Å². The Morgan fingerprint density at radius 1 is 1.50 bits per heavy atom. The molecule has 0 unspecified atom stereocenters. The molecule has 1 heterocycles. The van der Waals surface area contributed by atoms with Crippen molar-refractivity contribution in [1.29, 1.82) is 0 Å². The van der Waals surface area contributed by atoms with Gasteiger partial charge in [0.05, 0.1) is 0 Å². The molecule has 2 rings (SSSR count). The number of aromatic nitrogens is 4. The summed E-state index contributed by atoms with van der Waals surface area (Å²) in [6.07, 6.45) is 0.818. The van der Waals surface area contributed by atoms with Gasteiger partial charge < -0.3 is 0 Å². The molecule has 10 heteroatoms. The van der Waals surface area contributed by atoms with Gasteiger partial charge in [0, 0.05) is 44.2 Å². The number of benzene rings is 1. The van der Waals surface area contributed by atoms with Crippen LogP contribution in [0.15, 0.2) is 12.1 Å². The maximum absolute atomic E-state index is 12.2. The Balaban J connectivity index is 0.00000242. The van der Waals surface area contributed by atoms with Crippen molar-refractivity contribution in [3.05, 3.63) is 39.4 Å². The van der Waals surface area contributed by atoms with E-state index >= 15 is 0 Å². The molecule has 2 aromatic rings. The van der Waals surface area contributed by atoms with Gasteiger partial charge in [-0.3, -0.25) is 20.2 Å². The fourth-order valence-electron chi connectivity index (χ4n) is 1.77. The molecule has 0 aliphatic rings. The first-order chi connectivity index (χ1) is 10.0. The Hall–Kier alpha value is -1.74. The molecule has 1 N–H and O–H groups in total. The van der Waals surface area contributed by atoms with Gasteiger partial charge in [0.1, 0.15) is 0 Å². The van der Waals surface area contributed by atoms with E-state index in [4.69, 9.17) is 0 Å². The number of hydrogen-bond donors (Lipinski definition) is 1.